The van der Waals surface area contributed by atoms with E-state index in [1.165, 1.54) is 18.5 Å². The van der Waals surface area contributed by atoms with Gasteiger partial charge in [-0.25, -0.2) is 13.1 Å². The van der Waals surface area contributed by atoms with Crippen LogP contribution in [0.25, 0.3) is 0 Å². The van der Waals surface area contributed by atoms with Gasteiger partial charge in [0.1, 0.15) is 0 Å². The summed E-state index contributed by atoms with van der Waals surface area (Å²) < 4.78 is 27.5. The molecule has 0 amide bonds. The maximum atomic E-state index is 12.4. The number of nitrogens with one attached hydrogen (secondary N) is 1. The van der Waals surface area contributed by atoms with E-state index >= 15 is 0 Å². The molecule has 2 aromatic rings. The van der Waals surface area contributed by atoms with Gasteiger partial charge in [0.25, 0.3) is 0 Å². The number of rotatable bonds is 6. The van der Waals surface area contributed by atoms with Crippen LogP contribution in [-0.2, 0) is 16.6 Å². The number of anilines is 1. The standard InChI is InChI=1S/C20H26N2O2S2/c1-16-4-3-13-22(15-16)18-7-5-17(6-8-18)14-21-26(23,24)20-11-9-19(25-2)10-12-20/h5-12,16,21H,3-4,13-15H2,1-2H3. The maximum absolute atomic E-state index is 12.4. The van der Waals surface area contributed by atoms with E-state index in [0.717, 1.165) is 29.5 Å². The third-order valence-electron chi connectivity index (χ3n) is 4.79. The summed E-state index contributed by atoms with van der Waals surface area (Å²) in [5.41, 5.74) is 2.18. The highest BCUT2D eigenvalue weighted by Gasteiger charge is 2.17. The third-order valence-corrected chi connectivity index (χ3v) is 6.96. The topological polar surface area (TPSA) is 49.4 Å². The Morgan fingerprint density at radius 2 is 1.81 bits per heavy atom. The summed E-state index contributed by atoms with van der Waals surface area (Å²) in [6, 6.07) is 15.1. The van der Waals surface area contributed by atoms with Crippen molar-refractivity contribution in [2.75, 3.05) is 24.2 Å². The van der Waals surface area contributed by atoms with Crippen molar-refractivity contribution in [2.24, 2.45) is 5.92 Å². The van der Waals surface area contributed by atoms with Crippen LogP contribution in [0.5, 0.6) is 0 Å². The van der Waals surface area contributed by atoms with Crippen LogP contribution >= 0.6 is 11.8 Å². The molecule has 140 valence electrons. The van der Waals surface area contributed by atoms with Gasteiger partial charge in [0.2, 0.25) is 10.0 Å². The van der Waals surface area contributed by atoms with E-state index in [1.807, 2.05) is 30.5 Å². The molecule has 0 aromatic heterocycles. The minimum absolute atomic E-state index is 0.295. The maximum Gasteiger partial charge on any atom is 0.240 e. The lowest BCUT2D eigenvalue weighted by Crippen LogP contribution is -2.34. The molecule has 0 saturated carbocycles. The molecular weight excluding hydrogens is 364 g/mol. The Morgan fingerprint density at radius 1 is 1.12 bits per heavy atom. The van der Waals surface area contributed by atoms with Crippen molar-refractivity contribution in [1.82, 2.24) is 4.72 Å². The summed E-state index contributed by atoms with van der Waals surface area (Å²) in [7, 11) is -3.49. The number of sulfonamides is 1. The Bertz CT molecular complexity index is 818. The Kier molecular flexibility index (Phi) is 6.27. The summed E-state index contributed by atoms with van der Waals surface area (Å²) in [5, 5.41) is 0. The largest absolute Gasteiger partial charge is 0.371 e. The zero-order chi connectivity index (χ0) is 18.6. The van der Waals surface area contributed by atoms with Gasteiger partial charge in [-0.2, -0.15) is 0 Å². The fourth-order valence-electron chi connectivity index (χ4n) is 3.27. The molecule has 1 atom stereocenters. The Morgan fingerprint density at radius 3 is 2.42 bits per heavy atom. The first-order valence-electron chi connectivity index (χ1n) is 8.95. The van der Waals surface area contributed by atoms with Crippen molar-refractivity contribution in [3.63, 3.8) is 0 Å². The molecule has 1 fully saturated rings. The minimum Gasteiger partial charge on any atom is -0.371 e. The fraction of sp³-hybridized carbons (Fsp3) is 0.400. The van der Waals surface area contributed by atoms with Crippen LogP contribution in [0.3, 0.4) is 0 Å². The van der Waals surface area contributed by atoms with E-state index in [4.69, 9.17) is 0 Å². The van der Waals surface area contributed by atoms with Crippen LogP contribution < -0.4 is 9.62 Å². The first-order valence-corrected chi connectivity index (χ1v) is 11.7. The number of benzene rings is 2. The van der Waals surface area contributed by atoms with E-state index < -0.39 is 10.0 Å². The van der Waals surface area contributed by atoms with Crippen molar-refractivity contribution >= 4 is 27.5 Å². The number of hydrogen-bond donors (Lipinski definition) is 1. The zero-order valence-corrected chi connectivity index (χ0v) is 16.9. The van der Waals surface area contributed by atoms with Gasteiger partial charge in [-0.1, -0.05) is 19.1 Å². The molecule has 1 saturated heterocycles. The predicted octanol–water partition coefficient (Wildman–Crippen LogP) is 4.12. The van der Waals surface area contributed by atoms with Crippen LogP contribution in [0.4, 0.5) is 5.69 Å². The monoisotopic (exact) mass is 390 g/mol. The first-order chi connectivity index (χ1) is 12.5. The molecule has 1 aliphatic heterocycles. The van der Waals surface area contributed by atoms with Crippen molar-refractivity contribution in [1.29, 1.82) is 0 Å². The summed E-state index contributed by atoms with van der Waals surface area (Å²) >= 11 is 1.59. The molecule has 1 heterocycles. The molecule has 2 aromatic carbocycles. The van der Waals surface area contributed by atoms with Gasteiger partial charge in [0.05, 0.1) is 4.90 Å². The lowest BCUT2D eigenvalue weighted by molar-refractivity contribution is 0.447. The highest BCUT2D eigenvalue weighted by atomic mass is 32.2. The quantitative estimate of drug-likeness (QED) is 0.754. The molecule has 0 bridgehead atoms. The molecule has 1 N–H and O–H groups in total. The lowest BCUT2D eigenvalue weighted by atomic mass is 9.99. The van der Waals surface area contributed by atoms with Gasteiger partial charge in [0, 0.05) is 30.2 Å². The van der Waals surface area contributed by atoms with E-state index in [0.29, 0.717) is 11.4 Å². The minimum atomic E-state index is -3.49. The van der Waals surface area contributed by atoms with E-state index in [1.54, 1.807) is 23.9 Å². The first kappa shape index (κ1) is 19.3. The second-order valence-corrected chi connectivity index (χ2v) is 9.51. The number of nitrogens with zero attached hydrogens (tertiary/aromatic N) is 1. The van der Waals surface area contributed by atoms with Gasteiger partial charge in [-0.05, 0) is 67.0 Å². The van der Waals surface area contributed by atoms with Gasteiger partial charge in [-0.3, -0.25) is 0 Å². The summed E-state index contributed by atoms with van der Waals surface area (Å²) in [4.78, 5) is 3.76. The van der Waals surface area contributed by atoms with Crippen molar-refractivity contribution in [2.45, 2.75) is 36.1 Å². The van der Waals surface area contributed by atoms with E-state index in [-0.39, 0.29) is 0 Å². The lowest BCUT2D eigenvalue weighted by Gasteiger charge is -2.32. The van der Waals surface area contributed by atoms with Gasteiger partial charge in [-0.15, -0.1) is 11.8 Å². The molecule has 4 nitrogen and oxygen atoms in total. The Balaban J connectivity index is 1.61. The molecule has 0 radical (unpaired) electrons. The van der Waals surface area contributed by atoms with Crippen molar-refractivity contribution in [3.8, 4) is 0 Å². The smallest absolute Gasteiger partial charge is 0.240 e. The van der Waals surface area contributed by atoms with Crippen molar-refractivity contribution in [3.05, 3.63) is 54.1 Å². The molecule has 6 heteroatoms. The Labute approximate surface area is 161 Å². The van der Waals surface area contributed by atoms with Crippen LogP contribution in [0.2, 0.25) is 0 Å². The number of hydrogen-bond acceptors (Lipinski definition) is 4. The molecule has 26 heavy (non-hydrogen) atoms. The second kappa shape index (κ2) is 8.46. The SMILES string of the molecule is CSc1ccc(S(=O)(=O)NCc2ccc(N3CCCC(C)C3)cc2)cc1. The van der Waals surface area contributed by atoms with E-state index in [2.05, 4.69) is 28.7 Å². The third kappa shape index (κ3) is 4.81. The molecule has 0 aliphatic carbocycles. The average molecular weight is 391 g/mol. The van der Waals surface area contributed by atoms with Crippen molar-refractivity contribution < 1.29 is 8.42 Å². The average Bonchev–Trinajstić information content (AvgIpc) is 2.67. The molecule has 1 aliphatic rings. The number of thioether (sulfide) groups is 1. The molecule has 1 unspecified atom stereocenters. The van der Waals surface area contributed by atoms with Crippen LogP contribution in [0, 0.1) is 5.92 Å². The molecule has 0 spiro atoms. The highest BCUT2D eigenvalue weighted by Crippen LogP contribution is 2.23. The second-order valence-electron chi connectivity index (χ2n) is 6.86. The molecular formula is C20H26N2O2S2. The van der Waals surface area contributed by atoms with Gasteiger partial charge >= 0.3 is 0 Å². The predicted molar refractivity (Wildman–Crippen MR) is 109 cm³/mol. The van der Waals surface area contributed by atoms with Crippen LogP contribution in [-0.4, -0.2) is 27.8 Å². The fourth-order valence-corrected chi connectivity index (χ4v) is 4.69. The Hall–Kier alpha value is -1.50. The van der Waals surface area contributed by atoms with Crippen LogP contribution in [0.1, 0.15) is 25.3 Å². The normalized spacial score (nSPS) is 18.1. The zero-order valence-electron chi connectivity index (χ0n) is 15.3. The number of piperidine rings is 1. The van der Waals surface area contributed by atoms with Gasteiger partial charge < -0.3 is 4.90 Å². The summed E-state index contributed by atoms with van der Waals surface area (Å²) in [6.45, 7) is 4.78. The van der Waals surface area contributed by atoms with Crippen LogP contribution in [0.15, 0.2) is 58.3 Å². The van der Waals surface area contributed by atoms with Gasteiger partial charge in [0.15, 0.2) is 0 Å². The molecule has 3 rings (SSSR count). The summed E-state index contributed by atoms with van der Waals surface area (Å²) in [6.07, 6.45) is 4.50. The van der Waals surface area contributed by atoms with E-state index in [9.17, 15) is 8.42 Å². The summed E-state index contributed by atoms with van der Waals surface area (Å²) in [5.74, 6) is 0.729. The highest BCUT2D eigenvalue weighted by molar-refractivity contribution is 7.98.